The van der Waals surface area contributed by atoms with Crippen molar-refractivity contribution < 1.29 is 14.3 Å². The fourth-order valence-electron chi connectivity index (χ4n) is 4.95. The van der Waals surface area contributed by atoms with Crippen LogP contribution in [0.25, 0.3) is 0 Å². The third kappa shape index (κ3) is 7.29. The largest absolute Gasteiger partial charge is 0.497 e. The second-order valence-electron chi connectivity index (χ2n) is 9.50. The number of amidine groups is 1. The predicted octanol–water partition coefficient (Wildman–Crippen LogP) is 3.07. The first kappa shape index (κ1) is 25.7. The fourth-order valence-corrected chi connectivity index (χ4v) is 4.95. The quantitative estimate of drug-likeness (QED) is 0.401. The van der Waals surface area contributed by atoms with Crippen LogP contribution in [0.4, 0.5) is 0 Å². The summed E-state index contributed by atoms with van der Waals surface area (Å²) in [6, 6.07) is 8.88. The lowest BCUT2D eigenvalue weighted by molar-refractivity contribution is -0.125. The zero-order valence-electron chi connectivity index (χ0n) is 20.4. The normalized spacial score (nSPS) is 19.5. The van der Waals surface area contributed by atoms with Gasteiger partial charge < -0.3 is 20.7 Å². The number of nitrogens with zero attached hydrogens (tertiary/aromatic N) is 2. The van der Waals surface area contributed by atoms with Gasteiger partial charge in [-0.05, 0) is 62.5 Å². The monoisotopic (exact) mass is 467 g/mol. The first-order chi connectivity index (χ1) is 16.4. The maximum Gasteiger partial charge on any atom is 0.245 e. The molecule has 0 radical (unpaired) electrons. The van der Waals surface area contributed by atoms with Crippen LogP contribution in [0, 0.1) is 17.2 Å². The molecule has 1 atom stereocenters. The zero-order chi connectivity index (χ0) is 24.4. The third-order valence-electron chi connectivity index (χ3n) is 6.89. The van der Waals surface area contributed by atoms with E-state index in [1.54, 1.807) is 19.2 Å². The molecular formula is C26H37N5O3. The SMILES string of the molecule is COc1ccc(C(=NC(CC2CCCCC2)C(=O)NC2(CC#N)CCNCC2)NC(C)=O)cc1. The van der Waals surface area contributed by atoms with Crippen molar-refractivity contribution in [1.82, 2.24) is 16.0 Å². The molecule has 184 valence electrons. The molecule has 1 aromatic rings. The maximum atomic E-state index is 13.6. The van der Waals surface area contributed by atoms with Crippen LogP contribution >= 0.6 is 0 Å². The number of piperidine rings is 1. The van der Waals surface area contributed by atoms with E-state index in [-0.39, 0.29) is 18.2 Å². The Kier molecular flexibility index (Phi) is 9.46. The predicted molar refractivity (Wildman–Crippen MR) is 132 cm³/mol. The summed E-state index contributed by atoms with van der Waals surface area (Å²) in [5.74, 6) is 1.09. The minimum Gasteiger partial charge on any atom is -0.497 e. The van der Waals surface area contributed by atoms with E-state index in [0.29, 0.717) is 42.3 Å². The molecule has 0 bridgehead atoms. The minimum absolute atomic E-state index is 0.168. The number of ether oxygens (including phenoxy) is 1. The number of methoxy groups -OCH3 is 1. The molecule has 0 aromatic heterocycles. The van der Waals surface area contributed by atoms with E-state index in [1.165, 1.54) is 26.2 Å². The van der Waals surface area contributed by atoms with Gasteiger partial charge in [-0.2, -0.15) is 5.26 Å². The average molecular weight is 468 g/mol. The Labute approximate surface area is 202 Å². The molecule has 0 spiro atoms. The van der Waals surface area contributed by atoms with Crippen LogP contribution in [0.2, 0.25) is 0 Å². The molecule has 8 nitrogen and oxygen atoms in total. The van der Waals surface area contributed by atoms with Crippen molar-refractivity contribution >= 4 is 17.6 Å². The Morgan fingerprint density at radius 1 is 1.21 bits per heavy atom. The van der Waals surface area contributed by atoms with Crippen molar-refractivity contribution in [2.45, 2.75) is 76.3 Å². The van der Waals surface area contributed by atoms with Crippen molar-refractivity contribution in [3.63, 3.8) is 0 Å². The topological polar surface area (TPSA) is 116 Å². The standard InChI is InChI=1S/C26H37N5O3/c1-19(32)29-24(21-8-10-22(34-2)11-9-21)30-23(18-20-6-4-3-5-7-20)25(33)31-26(12-15-27)13-16-28-17-14-26/h8-11,20,23,28H,3-7,12-14,16-18H2,1-2H3,(H,31,33)(H,29,30,32). The van der Waals surface area contributed by atoms with Gasteiger partial charge in [-0.1, -0.05) is 32.1 Å². The molecule has 8 heteroatoms. The molecule has 1 aromatic carbocycles. The molecule has 1 aliphatic carbocycles. The highest BCUT2D eigenvalue weighted by Gasteiger charge is 2.36. The van der Waals surface area contributed by atoms with Gasteiger partial charge in [0.2, 0.25) is 11.8 Å². The molecule has 3 rings (SSSR count). The molecule has 1 aliphatic heterocycles. The van der Waals surface area contributed by atoms with Crippen LogP contribution in [0.1, 0.15) is 70.3 Å². The summed E-state index contributed by atoms with van der Waals surface area (Å²) in [5, 5.41) is 18.8. The van der Waals surface area contributed by atoms with Gasteiger partial charge in [0.15, 0.2) is 0 Å². The van der Waals surface area contributed by atoms with Gasteiger partial charge in [0, 0.05) is 12.5 Å². The number of carbonyl (C=O) groups excluding carboxylic acids is 2. The van der Waals surface area contributed by atoms with Crippen LogP contribution in [0.3, 0.4) is 0 Å². The lowest BCUT2D eigenvalue weighted by Crippen LogP contribution is -2.56. The molecule has 2 aliphatic rings. The number of hydrogen-bond donors (Lipinski definition) is 3. The highest BCUT2D eigenvalue weighted by molar-refractivity contribution is 6.08. The van der Waals surface area contributed by atoms with Crippen LogP contribution in [0.5, 0.6) is 5.75 Å². The van der Waals surface area contributed by atoms with Crippen LogP contribution in [-0.4, -0.2) is 49.4 Å². The van der Waals surface area contributed by atoms with Crippen molar-refractivity contribution in [2.24, 2.45) is 10.9 Å². The van der Waals surface area contributed by atoms with Gasteiger partial charge in [0.05, 0.1) is 25.1 Å². The van der Waals surface area contributed by atoms with E-state index < -0.39 is 11.6 Å². The zero-order valence-corrected chi connectivity index (χ0v) is 20.4. The van der Waals surface area contributed by atoms with E-state index >= 15 is 0 Å². The fraction of sp³-hybridized carbons (Fsp3) is 0.615. The number of benzene rings is 1. The summed E-state index contributed by atoms with van der Waals surface area (Å²) >= 11 is 0. The molecular weight excluding hydrogens is 430 g/mol. The number of aliphatic imine (C=N–C) groups is 1. The van der Waals surface area contributed by atoms with Crippen molar-refractivity contribution in [2.75, 3.05) is 20.2 Å². The lowest BCUT2D eigenvalue weighted by atomic mass is 9.83. The number of amides is 2. The number of carbonyl (C=O) groups is 2. The average Bonchev–Trinajstić information content (AvgIpc) is 2.84. The second-order valence-corrected chi connectivity index (χ2v) is 9.50. The third-order valence-corrected chi connectivity index (χ3v) is 6.89. The van der Waals surface area contributed by atoms with Crippen LogP contribution in [-0.2, 0) is 9.59 Å². The van der Waals surface area contributed by atoms with Gasteiger partial charge in [-0.3, -0.25) is 14.6 Å². The highest BCUT2D eigenvalue weighted by Crippen LogP contribution is 2.29. The van der Waals surface area contributed by atoms with Crippen LogP contribution < -0.4 is 20.7 Å². The Hall–Kier alpha value is -2.92. The number of hydrogen-bond acceptors (Lipinski definition) is 6. The Morgan fingerprint density at radius 3 is 2.47 bits per heavy atom. The number of nitriles is 1. The van der Waals surface area contributed by atoms with E-state index in [9.17, 15) is 14.9 Å². The molecule has 1 heterocycles. The molecule has 1 saturated carbocycles. The van der Waals surface area contributed by atoms with Crippen molar-refractivity contribution in [1.29, 1.82) is 5.26 Å². The number of rotatable bonds is 8. The lowest BCUT2D eigenvalue weighted by Gasteiger charge is -2.37. The summed E-state index contributed by atoms with van der Waals surface area (Å²) in [6.07, 6.45) is 8.08. The molecule has 1 saturated heterocycles. The molecule has 2 amide bonds. The van der Waals surface area contributed by atoms with E-state index in [0.717, 1.165) is 25.9 Å². The van der Waals surface area contributed by atoms with Crippen molar-refractivity contribution in [3.8, 4) is 11.8 Å². The Balaban J connectivity index is 1.91. The van der Waals surface area contributed by atoms with E-state index in [2.05, 4.69) is 22.0 Å². The van der Waals surface area contributed by atoms with Gasteiger partial charge in [-0.25, -0.2) is 0 Å². The van der Waals surface area contributed by atoms with Gasteiger partial charge in [0.1, 0.15) is 17.6 Å². The second kappa shape index (κ2) is 12.5. The minimum atomic E-state index is -0.641. The van der Waals surface area contributed by atoms with E-state index in [4.69, 9.17) is 9.73 Å². The first-order valence-corrected chi connectivity index (χ1v) is 12.3. The summed E-state index contributed by atoms with van der Waals surface area (Å²) in [4.78, 5) is 30.4. The summed E-state index contributed by atoms with van der Waals surface area (Å²) < 4.78 is 5.25. The van der Waals surface area contributed by atoms with Gasteiger partial charge >= 0.3 is 0 Å². The first-order valence-electron chi connectivity index (χ1n) is 12.3. The van der Waals surface area contributed by atoms with Gasteiger partial charge in [0.25, 0.3) is 0 Å². The maximum absolute atomic E-state index is 13.6. The van der Waals surface area contributed by atoms with Gasteiger partial charge in [-0.15, -0.1) is 0 Å². The molecule has 2 fully saturated rings. The molecule has 1 unspecified atom stereocenters. The van der Waals surface area contributed by atoms with Crippen molar-refractivity contribution in [3.05, 3.63) is 29.8 Å². The highest BCUT2D eigenvalue weighted by atomic mass is 16.5. The molecule has 3 N–H and O–H groups in total. The van der Waals surface area contributed by atoms with Crippen LogP contribution in [0.15, 0.2) is 29.3 Å². The molecule has 34 heavy (non-hydrogen) atoms. The summed E-state index contributed by atoms with van der Waals surface area (Å²) in [5.41, 5.74) is 0.178. The smallest absolute Gasteiger partial charge is 0.245 e. The Bertz CT molecular complexity index is 894. The van der Waals surface area contributed by atoms with E-state index in [1.807, 2.05) is 12.1 Å². The Morgan fingerprint density at radius 2 is 1.88 bits per heavy atom. The number of nitrogens with one attached hydrogen (secondary N) is 3. The summed E-state index contributed by atoms with van der Waals surface area (Å²) in [7, 11) is 1.60. The summed E-state index contributed by atoms with van der Waals surface area (Å²) in [6.45, 7) is 2.97.